The third-order valence-electron chi connectivity index (χ3n) is 0.605. The van der Waals surface area contributed by atoms with Gasteiger partial charge in [-0.2, -0.15) is 0 Å². The molecule has 0 aliphatic heterocycles. The fourth-order valence-corrected chi connectivity index (χ4v) is 4.15. The van der Waals surface area contributed by atoms with Crippen molar-refractivity contribution in [3.8, 4) is 0 Å². The summed E-state index contributed by atoms with van der Waals surface area (Å²) in [6.07, 6.45) is 0.189. The Morgan fingerprint density at radius 3 is 1.89 bits per heavy atom. The minimum atomic E-state index is -3.25. The zero-order valence-electron chi connectivity index (χ0n) is 4.33. The molecule has 6 heteroatoms. The van der Waals surface area contributed by atoms with Gasteiger partial charge < -0.3 is 0 Å². The molecule has 0 fully saturated rings. The maximum atomic E-state index is 10.1. The van der Waals surface area contributed by atoms with Crippen LogP contribution in [0.3, 0.4) is 0 Å². The van der Waals surface area contributed by atoms with E-state index in [2.05, 4.69) is 0 Å². The Bertz CT molecular complexity index is 109. The van der Waals surface area contributed by atoms with E-state index in [1.54, 1.807) is 0 Å². The molecule has 0 aromatic rings. The van der Waals surface area contributed by atoms with Crippen LogP contribution in [-0.4, -0.2) is 20.2 Å². The van der Waals surface area contributed by atoms with E-state index >= 15 is 0 Å². The van der Waals surface area contributed by atoms with E-state index in [9.17, 15) is 4.79 Å². The van der Waals surface area contributed by atoms with E-state index in [1.807, 2.05) is 0 Å². The molecular weight excluding hydrogens is 313 g/mol. The summed E-state index contributed by atoms with van der Waals surface area (Å²) in [5.41, 5.74) is 0. The number of carbonyl (C=O) groups is 1. The quantitative estimate of drug-likeness (QED) is 0.578. The van der Waals surface area contributed by atoms with Crippen molar-refractivity contribution in [1.82, 2.24) is 0 Å². The first kappa shape index (κ1) is 10.6. The molecule has 0 rings (SSSR count). The van der Waals surface area contributed by atoms with Gasteiger partial charge >= 0.3 is 74.3 Å². The van der Waals surface area contributed by atoms with Crippen molar-refractivity contribution in [1.29, 1.82) is 0 Å². The molecule has 0 radical (unpaired) electrons. The van der Waals surface area contributed by atoms with E-state index < -0.39 is 20.2 Å². The monoisotopic (exact) mass is 316 g/mol. The number of hydrogen-bond acceptors (Lipinski definition) is 1. The Morgan fingerprint density at radius 1 is 1.33 bits per heavy atom. The number of carbonyl (C=O) groups excluding carboxylic acids is 1. The van der Waals surface area contributed by atoms with Gasteiger partial charge in [0.25, 0.3) is 0 Å². The summed E-state index contributed by atoms with van der Waals surface area (Å²) in [6.45, 7) is 0. The fraction of sp³-hybridized carbons (Fsp3) is 0.667. The molecule has 0 atom stereocenters. The van der Waals surface area contributed by atoms with Crippen LogP contribution in [0.15, 0.2) is 0 Å². The van der Waals surface area contributed by atoms with Crippen LogP contribution in [-0.2, 0) is 4.79 Å². The molecule has 0 N–H and O–H groups in total. The first-order chi connectivity index (χ1) is 3.92. The average Bonchev–Trinajstić information content (AvgIpc) is 1.59. The molecule has 0 amide bonds. The Labute approximate surface area is 73.6 Å². The summed E-state index contributed by atoms with van der Waals surface area (Å²) < 4.78 is 0.377. The number of halogens is 4. The molecule has 0 unspecified atom stereocenters. The summed E-state index contributed by atoms with van der Waals surface area (Å²) in [5, 5.41) is -0.432. The van der Waals surface area contributed by atoms with Gasteiger partial charge in [-0.15, -0.1) is 0 Å². The van der Waals surface area contributed by atoms with Gasteiger partial charge in [0.1, 0.15) is 0 Å². The summed E-state index contributed by atoms with van der Waals surface area (Å²) in [6, 6.07) is 0. The molecule has 9 heavy (non-hydrogen) atoms. The van der Waals surface area contributed by atoms with Crippen LogP contribution in [0.25, 0.3) is 0 Å². The molecular formula is C3H4Cl4OSn. The molecule has 0 spiro atoms. The third kappa shape index (κ3) is 9.63. The molecule has 0 aromatic heterocycles. The van der Waals surface area contributed by atoms with Gasteiger partial charge in [-0.3, -0.25) is 0 Å². The number of hydrogen-bond donors (Lipinski definition) is 0. The van der Waals surface area contributed by atoms with Gasteiger partial charge in [-0.25, -0.2) is 0 Å². The Hall–Kier alpha value is 1.63. The summed E-state index contributed by atoms with van der Waals surface area (Å²) in [5.74, 6) is 0. The first-order valence-electron chi connectivity index (χ1n) is 2.17. The Kier molecular flexibility index (Phi) is 5.31. The zero-order chi connectivity index (χ0) is 7.49. The van der Waals surface area contributed by atoms with E-state index in [4.69, 9.17) is 38.4 Å². The van der Waals surface area contributed by atoms with Gasteiger partial charge in [0, 0.05) is 0 Å². The van der Waals surface area contributed by atoms with Crippen LogP contribution in [0.2, 0.25) is 4.44 Å². The topological polar surface area (TPSA) is 17.1 Å². The molecule has 0 bridgehead atoms. The predicted molar refractivity (Wildman–Crippen MR) is 43.6 cm³/mol. The SMILES string of the molecule is O=C(Cl)C[CH2][Sn]([Cl])([Cl])[Cl]. The van der Waals surface area contributed by atoms with Gasteiger partial charge in [0.2, 0.25) is 0 Å². The first-order valence-corrected chi connectivity index (χ1v) is 15.4. The van der Waals surface area contributed by atoms with Crippen LogP contribution in [0, 0.1) is 0 Å². The van der Waals surface area contributed by atoms with Crippen molar-refractivity contribution in [2.45, 2.75) is 10.9 Å². The van der Waals surface area contributed by atoms with E-state index in [0.29, 0.717) is 4.44 Å². The Morgan fingerprint density at radius 2 is 1.78 bits per heavy atom. The van der Waals surface area contributed by atoms with Gasteiger partial charge in [-0.1, -0.05) is 0 Å². The van der Waals surface area contributed by atoms with Crippen molar-refractivity contribution >= 4 is 58.6 Å². The van der Waals surface area contributed by atoms with Crippen molar-refractivity contribution in [2.75, 3.05) is 0 Å². The van der Waals surface area contributed by atoms with Gasteiger partial charge in [-0.05, 0) is 0 Å². The van der Waals surface area contributed by atoms with Crippen LogP contribution in [0.4, 0.5) is 0 Å². The van der Waals surface area contributed by atoms with E-state index in [-0.39, 0.29) is 6.42 Å². The second-order valence-electron chi connectivity index (χ2n) is 1.47. The van der Waals surface area contributed by atoms with Crippen LogP contribution >= 0.6 is 38.4 Å². The fourth-order valence-electron chi connectivity index (χ4n) is 0.240. The molecule has 0 aliphatic carbocycles. The molecule has 0 aromatic carbocycles. The summed E-state index contributed by atoms with van der Waals surface area (Å²) >= 11 is 1.75. The molecule has 0 saturated heterocycles. The molecule has 0 heterocycles. The second-order valence-corrected chi connectivity index (χ2v) is 23.7. The summed E-state index contributed by atoms with van der Waals surface area (Å²) in [7, 11) is 16.5. The summed E-state index contributed by atoms with van der Waals surface area (Å²) in [4.78, 5) is 10.1. The molecule has 1 nitrogen and oxygen atoms in total. The van der Waals surface area contributed by atoms with E-state index in [0.717, 1.165) is 0 Å². The van der Waals surface area contributed by atoms with Crippen LogP contribution < -0.4 is 0 Å². The standard InChI is InChI=1S/C3H4ClO.3ClH.Sn/c1-2-3(4)5;;;;/h1-2H2;3*1H;/q;;;;+3/p-3. The van der Waals surface area contributed by atoms with Crippen molar-refractivity contribution < 1.29 is 4.79 Å². The van der Waals surface area contributed by atoms with E-state index in [1.165, 1.54) is 0 Å². The molecule has 0 saturated carbocycles. The second kappa shape index (κ2) is 4.50. The molecule has 54 valence electrons. The van der Waals surface area contributed by atoms with Crippen LogP contribution in [0.5, 0.6) is 0 Å². The van der Waals surface area contributed by atoms with Crippen LogP contribution in [0.1, 0.15) is 6.42 Å². The van der Waals surface area contributed by atoms with Crippen molar-refractivity contribution in [2.24, 2.45) is 0 Å². The average molecular weight is 317 g/mol. The molecule has 0 aliphatic rings. The van der Waals surface area contributed by atoms with Gasteiger partial charge in [0.15, 0.2) is 0 Å². The zero-order valence-corrected chi connectivity index (χ0v) is 10.2. The van der Waals surface area contributed by atoms with Crippen molar-refractivity contribution in [3.05, 3.63) is 0 Å². The predicted octanol–water partition coefficient (Wildman–Crippen LogP) is 2.80. The third-order valence-corrected chi connectivity index (χ3v) is 6.93. The van der Waals surface area contributed by atoms with Gasteiger partial charge in [0.05, 0.1) is 0 Å². The van der Waals surface area contributed by atoms with Crippen molar-refractivity contribution in [3.63, 3.8) is 0 Å². The normalized spacial score (nSPS) is 11.6. The minimum absolute atomic E-state index is 0.189. The number of rotatable bonds is 3. The maximum absolute atomic E-state index is 10.1. The Balaban J connectivity index is 3.39.